The molecule has 0 aliphatic heterocycles. The molecule has 0 radical (unpaired) electrons. The van der Waals surface area contributed by atoms with E-state index in [9.17, 15) is 13.2 Å². The summed E-state index contributed by atoms with van der Waals surface area (Å²) in [5, 5.41) is 1.72. The average Bonchev–Trinajstić information content (AvgIpc) is 2.62. The number of nitrogens with two attached hydrogens (primary N) is 1. The van der Waals surface area contributed by atoms with Gasteiger partial charge in [-0.15, -0.1) is 0 Å². The predicted octanol–water partition coefficient (Wildman–Crippen LogP) is 3.53. The Bertz CT molecular complexity index is 783. The number of aryl methyl sites for hydroxylation is 1. The van der Waals surface area contributed by atoms with Gasteiger partial charge in [0, 0.05) is 5.69 Å². The van der Waals surface area contributed by atoms with Gasteiger partial charge in [0.05, 0.1) is 11.3 Å². The molecule has 1 fully saturated rings. The fourth-order valence-corrected chi connectivity index (χ4v) is 7.20. The zero-order valence-electron chi connectivity index (χ0n) is 16.4. The highest BCUT2D eigenvalue weighted by Crippen LogP contribution is 2.33. The molecule has 150 valence electrons. The Kier molecular flexibility index (Phi) is 6.14. The first-order valence-electron chi connectivity index (χ1n) is 10.2. The molecule has 5 nitrogen and oxygen atoms in total. The minimum absolute atomic E-state index is 0.135. The third kappa shape index (κ3) is 4.31. The molecule has 0 aromatic heterocycles. The third-order valence-corrected chi connectivity index (χ3v) is 8.90. The van der Waals surface area contributed by atoms with Crippen molar-refractivity contribution in [2.45, 2.75) is 81.8 Å². The largest absolute Gasteiger partial charge is 0.399 e. The zero-order valence-corrected chi connectivity index (χ0v) is 17.2. The van der Waals surface area contributed by atoms with E-state index < -0.39 is 15.1 Å². The molecule has 2 aliphatic carbocycles. The Morgan fingerprint density at radius 3 is 2.48 bits per heavy atom. The summed E-state index contributed by atoms with van der Waals surface area (Å²) >= 11 is 0. The minimum Gasteiger partial charge on any atom is -0.399 e. The second-order valence-corrected chi connectivity index (χ2v) is 10.8. The van der Waals surface area contributed by atoms with Crippen LogP contribution in [0, 0.1) is 5.92 Å². The van der Waals surface area contributed by atoms with E-state index in [4.69, 9.17) is 5.73 Å². The van der Waals surface area contributed by atoms with Crippen LogP contribution in [0.3, 0.4) is 0 Å². The van der Waals surface area contributed by atoms with E-state index >= 15 is 0 Å². The first kappa shape index (κ1) is 20.2. The van der Waals surface area contributed by atoms with Gasteiger partial charge >= 0.3 is 0 Å². The van der Waals surface area contributed by atoms with Crippen molar-refractivity contribution in [2.24, 2.45) is 5.92 Å². The molecule has 1 saturated carbocycles. The van der Waals surface area contributed by atoms with Gasteiger partial charge in [-0.2, -0.15) is 0 Å². The second kappa shape index (κ2) is 8.21. The normalized spacial score (nSPS) is 22.3. The van der Waals surface area contributed by atoms with E-state index in [1.54, 1.807) is 0 Å². The quantitative estimate of drug-likeness (QED) is 0.750. The van der Waals surface area contributed by atoms with E-state index in [0.29, 0.717) is 12.8 Å². The van der Waals surface area contributed by atoms with Crippen LogP contribution in [0.25, 0.3) is 0 Å². The van der Waals surface area contributed by atoms with Gasteiger partial charge in [-0.05, 0) is 61.3 Å². The number of amides is 1. The van der Waals surface area contributed by atoms with Crippen molar-refractivity contribution in [3.05, 3.63) is 29.3 Å². The molecule has 6 heteroatoms. The Hall–Kier alpha value is -1.56. The average molecular weight is 393 g/mol. The minimum atomic E-state index is -3.49. The first-order chi connectivity index (χ1) is 12.8. The lowest BCUT2D eigenvalue weighted by Crippen LogP contribution is -2.48. The summed E-state index contributed by atoms with van der Waals surface area (Å²) in [7, 11) is -3.49. The standard InChI is InChI=1S/C21H32N2O3S/c1-14(2)20(27(25,26)17-8-4-3-5-9-17)21(24)23-19-10-6-7-15-13-16(22)11-12-18(15)19/h11-14,17,19-20H,3-10,22H2,1-2H3,(H,23,24). The first-order valence-corrected chi connectivity index (χ1v) is 11.8. The summed E-state index contributed by atoms with van der Waals surface area (Å²) in [6, 6.07) is 5.65. The lowest BCUT2D eigenvalue weighted by atomic mass is 9.87. The number of benzene rings is 1. The van der Waals surface area contributed by atoms with E-state index in [0.717, 1.165) is 55.3 Å². The summed E-state index contributed by atoms with van der Waals surface area (Å²) in [5.41, 5.74) is 8.84. The van der Waals surface area contributed by atoms with Crippen molar-refractivity contribution in [3.63, 3.8) is 0 Å². The molecular formula is C21H32N2O3S. The Morgan fingerprint density at radius 1 is 1.11 bits per heavy atom. The van der Waals surface area contributed by atoms with Gasteiger partial charge in [-0.1, -0.05) is 39.2 Å². The van der Waals surface area contributed by atoms with Crippen LogP contribution in [0.4, 0.5) is 5.69 Å². The van der Waals surface area contributed by atoms with Crippen molar-refractivity contribution >= 4 is 21.4 Å². The fraction of sp³-hybridized carbons (Fsp3) is 0.667. The molecule has 2 aliphatic rings. The van der Waals surface area contributed by atoms with Crippen molar-refractivity contribution in [3.8, 4) is 0 Å². The van der Waals surface area contributed by atoms with E-state index in [1.807, 2.05) is 32.0 Å². The lowest BCUT2D eigenvalue weighted by Gasteiger charge is -2.31. The number of hydrogen-bond acceptors (Lipinski definition) is 4. The number of carbonyl (C=O) groups is 1. The van der Waals surface area contributed by atoms with Gasteiger partial charge in [0.2, 0.25) is 5.91 Å². The number of rotatable bonds is 5. The maximum atomic E-state index is 13.2. The SMILES string of the molecule is CC(C)C(C(=O)NC1CCCc2cc(N)ccc21)S(=O)(=O)C1CCCCC1. The highest BCUT2D eigenvalue weighted by molar-refractivity contribution is 7.93. The van der Waals surface area contributed by atoms with E-state index in [2.05, 4.69) is 5.32 Å². The van der Waals surface area contributed by atoms with E-state index in [-0.39, 0.29) is 23.1 Å². The van der Waals surface area contributed by atoms with Gasteiger partial charge in [0.1, 0.15) is 5.25 Å². The molecule has 3 N–H and O–H groups in total. The molecule has 0 heterocycles. The molecule has 2 atom stereocenters. The Labute approximate surface area is 163 Å². The van der Waals surface area contributed by atoms with Crippen molar-refractivity contribution < 1.29 is 13.2 Å². The Balaban J connectivity index is 1.81. The molecule has 2 unspecified atom stereocenters. The van der Waals surface area contributed by atoms with Crippen LogP contribution in [0.1, 0.15) is 76.0 Å². The highest BCUT2D eigenvalue weighted by Gasteiger charge is 2.41. The molecule has 0 bridgehead atoms. The second-order valence-electron chi connectivity index (χ2n) is 8.43. The van der Waals surface area contributed by atoms with Crippen LogP contribution in [0.2, 0.25) is 0 Å². The molecule has 0 spiro atoms. The number of sulfone groups is 1. The van der Waals surface area contributed by atoms with Gasteiger partial charge in [-0.3, -0.25) is 4.79 Å². The highest BCUT2D eigenvalue weighted by atomic mass is 32.2. The molecule has 3 rings (SSSR count). The zero-order chi connectivity index (χ0) is 19.6. The topological polar surface area (TPSA) is 89.3 Å². The third-order valence-electron chi connectivity index (χ3n) is 6.03. The van der Waals surface area contributed by atoms with Crippen LogP contribution in [0.15, 0.2) is 18.2 Å². The smallest absolute Gasteiger partial charge is 0.239 e. The van der Waals surface area contributed by atoms with Crippen LogP contribution < -0.4 is 11.1 Å². The number of fused-ring (bicyclic) bond motifs is 1. The summed E-state index contributed by atoms with van der Waals surface area (Å²) in [5.74, 6) is -0.586. The maximum absolute atomic E-state index is 13.2. The van der Waals surface area contributed by atoms with Crippen LogP contribution in [0.5, 0.6) is 0 Å². The summed E-state index contributed by atoms with van der Waals surface area (Å²) in [6.45, 7) is 3.67. The van der Waals surface area contributed by atoms with Crippen molar-refractivity contribution in [1.82, 2.24) is 5.32 Å². The van der Waals surface area contributed by atoms with Crippen LogP contribution >= 0.6 is 0 Å². The lowest BCUT2D eigenvalue weighted by molar-refractivity contribution is -0.122. The Morgan fingerprint density at radius 2 is 1.81 bits per heavy atom. The fourth-order valence-electron chi connectivity index (χ4n) is 4.67. The monoisotopic (exact) mass is 392 g/mol. The molecule has 1 aromatic carbocycles. The van der Waals surface area contributed by atoms with Gasteiger partial charge in [-0.25, -0.2) is 8.42 Å². The van der Waals surface area contributed by atoms with Crippen LogP contribution in [-0.4, -0.2) is 24.8 Å². The number of anilines is 1. The molecule has 27 heavy (non-hydrogen) atoms. The van der Waals surface area contributed by atoms with Crippen molar-refractivity contribution in [1.29, 1.82) is 0 Å². The molecular weight excluding hydrogens is 360 g/mol. The summed E-state index contributed by atoms with van der Waals surface area (Å²) in [4.78, 5) is 13.1. The number of nitrogens with one attached hydrogen (secondary N) is 1. The summed E-state index contributed by atoms with van der Waals surface area (Å²) in [6.07, 6.45) is 7.07. The number of carbonyl (C=O) groups excluding carboxylic acids is 1. The van der Waals surface area contributed by atoms with Crippen LogP contribution in [-0.2, 0) is 21.1 Å². The molecule has 1 aromatic rings. The number of hydrogen-bond donors (Lipinski definition) is 2. The van der Waals surface area contributed by atoms with Gasteiger partial charge in [0.25, 0.3) is 0 Å². The van der Waals surface area contributed by atoms with E-state index in [1.165, 1.54) is 0 Å². The number of nitrogen functional groups attached to an aromatic ring is 1. The molecule has 1 amide bonds. The maximum Gasteiger partial charge on any atom is 0.239 e. The predicted molar refractivity (Wildman–Crippen MR) is 109 cm³/mol. The van der Waals surface area contributed by atoms with Gasteiger partial charge in [0.15, 0.2) is 9.84 Å². The van der Waals surface area contributed by atoms with Crippen molar-refractivity contribution in [2.75, 3.05) is 5.73 Å². The summed E-state index contributed by atoms with van der Waals surface area (Å²) < 4.78 is 26.4. The molecule has 0 saturated heterocycles. The van der Waals surface area contributed by atoms with Gasteiger partial charge < -0.3 is 11.1 Å².